The lowest BCUT2D eigenvalue weighted by Gasteiger charge is -2.25. The molecule has 0 bridgehead atoms. The summed E-state index contributed by atoms with van der Waals surface area (Å²) in [7, 11) is 1.80. The van der Waals surface area contributed by atoms with E-state index in [0.717, 1.165) is 22.4 Å². The average Bonchev–Trinajstić information content (AvgIpc) is 3.37. The van der Waals surface area contributed by atoms with Gasteiger partial charge in [-0.2, -0.15) is 5.10 Å². The Balaban J connectivity index is 1.41. The van der Waals surface area contributed by atoms with Crippen LogP contribution in [0.5, 0.6) is 5.75 Å². The minimum atomic E-state index is -0.0923. The van der Waals surface area contributed by atoms with E-state index in [2.05, 4.69) is 10.1 Å². The van der Waals surface area contributed by atoms with Gasteiger partial charge in [-0.3, -0.25) is 4.79 Å². The fourth-order valence-corrected chi connectivity index (χ4v) is 3.38. The van der Waals surface area contributed by atoms with Crippen LogP contribution in [0.25, 0.3) is 16.8 Å². The molecule has 1 unspecified atom stereocenters. The van der Waals surface area contributed by atoms with Gasteiger partial charge in [0.1, 0.15) is 18.4 Å². The number of hydrogen-bond donors (Lipinski definition) is 0. The lowest BCUT2D eigenvalue weighted by atomic mass is 10.1. The van der Waals surface area contributed by atoms with E-state index >= 15 is 0 Å². The standard InChI is InChI=1S/C25H24N4O2/c1-19(20-12-14-22(15-13-20)29-18-26-17-27-29)28(2)25(30)16-31-24-11-7-6-10-23(24)21-8-4-3-5-9-21/h3-15,17-19H,16H2,1-2H3. The van der Waals surface area contributed by atoms with E-state index in [9.17, 15) is 4.79 Å². The summed E-state index contributed by atoms with van der Waals surface area (Å²) < 4.78 is 7.61. The Hall–Kier alpha value is -3.93. The van der Waals surface area contributed by atoms with Gasteiger partial charge in [-0.25, -0.2) is 9.67 Å². The van der Waals surface area contributed by atoms with Crippen LogP contribution >= 0.6 is 0 Å². The van der Waals surface area contributed by atoms with Crippen LogP contribution in [-0.4, -0.2) is 39.2 Å². The molecule has 0 fully saturated rings. The molecule has 1 aromatic heterocycles. The third-order valence-corrected chi connectivity index (χ3v) is 5.36. The van der Waals surface area contributed by atoms with E-state index in [1.165, 1.54) is 6.33 Å². The zero-order valence-corrected chi connectivity index (χ0v) is 17.6. The summed E-state index contributed by atoms with van der Waals surface area (Å²) >= 11 is 0. The van der Waals surface area contributed by atoms with Gasteiger partial charge in [0.25, 0.3) is 5.91 Å². The second-order valence-electron chi connectivity index (χ2n) is 7.26. The molecule has 1 amide bonds. The van der Waals surface area contributed by atoms with Crippen LogP contribution in [0.4, 0.5) is 0 Å². The van der Waals surface area contributed by atoms with Crippen molar-refractivity contribution in [1.29, 1.82) is 0 Å². The van der Waals surface area contributed by atoms with Gasteiger partial charge in [-0.1, -0.05) is 60.7 Å². The minimum Gasteiger partial charge on any atom is -0.483 e. The highest BCUT2D eigenvalue weighted by molar-refractivity contribution is 5.78. The molecule has 4 aromatic rings. The van der Waals surface area contributed by atoms with E-state index in [1.807, 2.05) is 85.8 Å². The molecule has 1 atom stereocenters. The predicted octanol–water partition coefficient (Wildman–Crippen LogP) is 4.53. The maximum atomic E-state index is 12.8. The van der Waals surface area contributed by atoms with Gasteiger partial charge in [-0.05, 0) is 36.2 Å². The van der Waals surface area contributed by atoms with Gasteiger partial charge in [0.15, 0.2) is 6.61 Å². The summed E-state index contributed by atoms with van der Waals surface area (Å²) in [6.45, 7) is 1.97. The summed E-state index contributed by atoms with van der Waals surface area (Å²) in [5, 5.41) is 4.13. The lowest BCUT2D eigenvalue weighted by Crippen LogP contribution is -2.33. The fourth-order valence-electron chi connectivity index (χ4n) is 3.38. The monoisotopic (exact) mass is 412 g/mol. The predicted molar refractivity (Wildman–Crippen MR) is 120 cm³/mol. The van der Waals surface area contributed by atoms with Crippen LogP contribution in [0.1, 0.15) is 18.5 Å². The first kappa shape index (κ1) is 20.3. The summed E-state index contributed by atoms with van der Waals surface area (Å²) in [4.78, 5) is 18.5. The number of hydrogen-bond acceptors (Lipinski definition) is 4. The lowest BCUT2D eigenvalue weighted by molar-refractivity contribution is -0.133. The van der Waals surface area contributed by atoms with Crippen LogP contribution in [-0.2, 0) is 4.79 Å². The SMILES string of the molecule is CC(c1ccc(-n2cncn2)cc1)N(C)C(=O)COc1ccccc1-c1ccccc1. The number of amides is 1. The van der Waals surface area contributed by atoms with Gasteiger partial charge >= 0.3 is 0 Å². The zero-order valence-electron chi connectivity index (χ0n) is 17.6. The third-order valence-electron chi connectivity index (χ3n) is 5.36. The van der Waals surface area contributed by atoms with E-state index in [0.29, 0.717) is 5.75 Å². The molecule has 3 aromatic carbocycles. The van der Waals surface area contributed by atoms with Crippen molar-refractivity contribution in [3.05, 3.63) is 97.1 Å². The van der Waals surface area contributed by atoms with Crippen molar-refractivity contribution in [3.8, 4) is 22.6 Å². The second kappa shape index (κ2) is 9.26. The summed E-state index contributed by atoms with van der Waals surface area (Å²) in [6, 6.07) is 25.6. The summed E-state index contributed by atoms with van der Waals surface area (Å²) in [5.41, 5.74) is 3.97. The number of aromatic nitrogens is 3. The molecule has 0 saturated carbocycles. The smallest absolute Gasteiger partial charge is 0.260 e. The molecule has 0 aliphatic heterocycles. The van der Waals surface area contributed by atoms with Crippen molar-refractivity contribution in [1.82, 2.24) is 19.7 Å². The molecule has 0 N–H and O–H groups in total. The van der Waals surface area contributed by atoms with Crippen molar-refractivity contribution in [2.45, 2.75) is 13.0 Å². The first-order chi connectivity index (χ1) is 15.1. The largest absolute Gasteiger partial charge is 0.483 e. The van der Waals surface area contributed by atoms with Gasteiger partial charge in [-0.15, -0.1) is 0 Å². The molecule has 0 spiro atoms. The number of nitrogens with zero attached hydrogens (tertiary/aromatic N) is 4. The van der Waals surface area contributed by atoms with E-state index in [1.54, 1.807) is 23.0 Å². The molecule has 0 radical (unpaired) electrons. The quantitative estimate of drug-likeness (QED) is 0.447. The normalized spacial score (nSPS) is 11.7. The summed E-state index contributed by atoms with van der Waals surface area (Å²) in [5.74, 6) is 0.607. The molecule has 0 saturated heterocycles. The first-order valence-electron chi connectivity index (χ1n) is 10.1. The number of ether oxygens (including phenoxy) is 1. The molecule has 31 heavy (non-hydrogen) atoms. The fraction of sp³-hybridized carbons (Fsp3) is 0.160. The molecule has 6 heteroatoms. The van der Waals surface area contributed by atoms with E-state index < -0.39 is 0 Å². The number of likely N-dealkylation sites (N-methyl/N-ethyl adjacent to an activating group) is 1. The average molecular weight is 412 g/mol. The van der Waals surface area contributed by atoms with Crippen LogP contribution < -0.4 is 4.74 Å². The maximum Gasteiger partial charge on any atom is 0.260 e. The zero-order chi connectivity index (χ0) is 21.6. The molecule has 6 nitrogen and oxygen atoms in total. The van der Waals surface area contributed by atoms with Gasteiger partial charge < -0.3 is 9.64 Å². The number of benzene rings is 3. The number of rotatable bonds is 7. The molecule has 0 aliphatic carbocycles. The molecular weight excluding hydrogens is 388 g/mol. The Morgan fingerprint density at radius 1 is 1.00 bits per heavy atom. The Bertz CT molecular complexity index is 1130. The van der Waals surface area contributed by atoms with Crippen molar-refractivity contribution < 1.29 is 9.53 Å². The van der Waals surface area contributed by atoms with E-state index in [4.69, 9.17) is 4.74 Å². The van der Waals surface area contributed by atoms with Gasteiger partial charge in [0.05, 0.1) is 11.7 Å². The number of para-hydroxylation sites is 1. The van der Waals surface area contributed by atoms with Crippen LogP contribution in [0.15, 0.2) is 91.5 Å². The molecule has 0 aliphatic rings. The highest BCUT2D eigenvalue weighted by atomic mass is 16.5. The molecular formula is C25H24N4O2. The van der Waals surface area contributed by atoms with Crippen LogP contribution in [0.3, 0.4) is 0 Å². The highest BCUT2D eigenvalue weighted by Crippen LogP contribution is 2.29. The number of carbonyl (C=O) groups excluding carboxylic acids is 1. The van der Waals surface area contributed by atoms with Crippen LogP contribution in [0, 0.1) is 0 Å². The van der Waals surface area contributed by atoms with Crippen molar-refractivity contribution >= 4 is 5.91 Å². The van der Waals surface area contributed by atoms with Crippen LogP contribution in [0.2, 0.25) is 0 Å². The van der Waals surface area contributed by atoms with E-state index in [-0.39, 0.29) is 18.6 Å². The minimum absolute atomic E-state index is 0.0261. The molecule has 1 heterocycles. The van der Waals surface area contributed by atoms with Gasteiger partial charge in [0, 0.05) is 12.6 Å². The topological polar surface area (TPSA) is 60.2 Å². The van der Waals surface area contributed by atoms with Crippen molar-refractivity contribution in [2.24, 2.45) is 0 Å². The molecule has 4 rings (SSSR count). The second-order valence-corrected chi connectivity index (χ2v) is 7.26. The number of carbonyl (C=O) groups is 1. The Labute approximate surface area is 181 Å². The van der Waals surface area contributed by atoms with Crippen molar-refractivity contribution in [3.63, 3.8) is 0 Å². The first-order valence-corrected chi connectivity index (χ1v) is 10.1. The Morgan fingerprint density at radius 2 is 1.71 bits per heavy atom. The summed E-state index contributed by atoms with van der Waals surface area (Å²) in [6.07, 6.45) is 3.15. The molecule has 156 valence electrons. The Kier molecular flexibility index (Phi) is 6.08. The highest BCUT2D eigenvalue weighted by Gasteiger charge is 2.18. The Morgan fingerprint density at radius 3 is 2.42 bits per heavy atom. The van der Waals surface area contributed by atoms with Gasteiger partial charge in [0.2, 0.25) is 0 Å². The van der Waals surface area contributed by atoms with Crippen molar-refractivity contribution in [2.75, 3.05) is 13.7 Å². The maximum absolute atomic E-state index is 12.8. The third kappa shape index (κ3) is 4.64.